The van der Waals surface area contributed by atoms with E-state index in [1.165, 1.54) is 37.8 Å². The topological polar surface area (TPSA) is 93.5 Å². The van der Waals surface area contributed by atoms with Crippen LogP contribution in [0, 0.1) is 11.7 Å². The first-order chi connectivity index (χ1) is 10.5. The van der Waals surface area contributed by atoms with Gasteiger partial charge in [0.25, 0.3) is 0 Å². The molecular formula is C15H20FN3O3. The van der Waals surface area contributed by atoms with Gasteiger partial charge in [0, 0.05) is 6.07 Å². The molecule has 2 amide bonds. The molecular weight excluding hydrogens is 289 g/mol. The fraction of sp³-hybridized carbons (Fsp3) is 0.467. The molecule has 2 rings (SSSR count). The van der Waals surface area contributed by atoms with Crippen LogP contribution >= 0.6 is 0 Å². The van der Waals surface area contributed by atoms with E-state index in [1.807, 2.05) is 0 Å². The predicted octanol–water partition coefficient (Wildman–Crippen LogP) is 2.00. The summed E-state index contributed by atoms with van der Waals surface area (Å²) in [7, 11) is 0. The smallest absolute Gasteiger partial charge is 0.409 e. The predicted molar refractivity (Wildman–Crippen MR) is 80.1 cm³/mol. The van der Waals surface area contributed by atoms with Crippen LogP contribution in [0.15, 0.2) is 18.2 Å². The number of primary amides is 1. The van der Waals surface area contributed by atoms with Crippen molar-refractivity contribution in [1.82, 2.24) is 5.32 Å². The van der Waals surface area contributed by atoms with Crippen molar-refractivity contribution in [3.05, 3.63) is 24.0 Å². The third-order valence-electron chi connectivity index (χ3n) is 3.62. The molecule has 0 radical (unpaired) electrons. The van der Waals surface area contributed by atoms with Crippen molar-refractivity contribution in [2.24, 2.45) is 11.7 Å². The monoisotopic (exact) mass is 309 g/mol. The number of benzene rings is 1. The Morgan fingerprint density at radius 3 is 2.73 bits per heavy atom. The number of hydrogen-bond acceptors (Lipinski definition) is 4. The zero-order chi connectivity index (χ0) is 15.9. The molecule has 0 saturated heterocycles. The molecule has 7 heteroatoms. The highest BCUT2D eigenvalue weighted by Crippen LogP contribution is 2.24. The van der Waals surface area contributed by atoms with Crippen LogP contribution in [0.25, 0.3) is 0 Å². The van der Waals surface area contributed by atoms with Crippen molar-refractivity contribution in [3.63, 3.8) is 0 Å². The van der Waals surface area contributed by atoms with Gasteiger partial charge in [-0.25, -0.2) is 9.18 Å². The van der Waals surface area contributed by atoms with Crippen LogP contribution < -0.4 is 21.1 Å². The largest absolute Gasteiger partial charge is 0.410 e. The number of halogens is 1. The molecule has 1 aliphatic rings. The molecule has 0 aromatic heterocycles. The van der Waals surface area contributed by atoms with Gasteiger partial charge in [0.15, 0.2) is 0 Å². The van der Waals surface area contributed by atoms with E-state index in [9.17, 15) is 14.0 Å². The lowest BCUT2D eigenvalue weighted by Crippen LogP contribution is -2.31. The van der Waals surface area contributed by atoms with Crippen LogP contribution in [0.2, 0.25) is 0 Å². The second-order valence-corrected chi connectivity index (χ2v) is 5.39. The lowest BCUT2D eigenvalue weighted by atomic mass is 10.1. The minimum Gasteiger partial charge on any atom is -0.410 e. The zero-order valence-electron chi connectivity index (χ0n) is 12.2. The van der Waals surface area contributed by atoms with E-state index in [0.717, 1.165) is 12.6 Å². The van der Waals surface area contributed by atoms with Gasteiger partial charge in [0.2, 0.25) is 5.91 Å². The highest BCUT2D eigenvalue weighted by molar-refractivity contribution is 5.92. The Morgan fingerprint density at radius 1 is 1.32 bits per heavy atom. The van der Waals surface area contributed by atoms with Crippen LogP contribution in [0.1, 0.15) is 25.7 Å². The Kier molecular flexibility index (Phi) is 5.71. The van der Waals surface area contributed by atoms with Gasteiger partial charge in [-0.2, -0.15) is 0 Å². The molecule has 6 nitrogen and oxygen atoms in total. The van der Waals surface area contributed by atoms with Crippen LogP contribution in [-0.2, 0) is 4.79 Å². The number of ether oxygens (including phenoxy) is 1. The number of carbonyl (C=O) groups excluding carboxylic acids is 2. The first-order valence-electron chi connectivity index (χ1n) is 7.32. The summed E-state index contributed by atoms with van der Waals surface area (Å²) in [6, 6.07) is 3.57. The molecule has 1 aromatic carbocycles. The fourth-order valence-electron chi connectivity index (χ4n) is 2.58. The third kappa shape index (κ3) is 5.00. The quantitative estimate of drug-likeness (QED) is 0.749. The van der Waals surface area contributed by atoms with Crippen LogP contribution in [0.4, 0.5) is 14.9 Å². The zero-order valence-corrected chi connectivity index (χ0v) is 12.2. The third-order valence-corrected chi connectivity index (χ3v) is 3.62. The van der Waals surface area contributed by atoms with E-state index in [2.05, 4.69) is 15.4 Å². The summed E-state index contributed by atoms with van der Waals surface area (Å²) in [5.41, 5.74) is 4.84. The Bertz CT molecular complexity index is 545. The van der Waals surface area contributed by atoms with E-state index in [-0.39, 0.29) is 23.9 Å². The fourth-order valence-corrected chi connectivity index (χ4v) is 2.58. The number of rotatable bonds is 6. The Morgan fingerprint density at radius 2 is 2.05 bits per heavy atom. The molecule has 0 heterocycles. The van der Waals surface area contributed by atoms with E-state index in [4.69, 9.17) is 5.73 Å². The summed E-state index contributed by atoms with van der Waals surface area (Å²) in [5.74, 6) is -0.269. The van der Waals surface area contributed by atoms with Gasteiger partial charge in [0.1, 0.15) is 11.6 Å². The summed E-state index contributed by atoms with van der Waals surface area (Å²) in [6.07, 6.45) is 3.88. The van der Waals surface area contributed by atoms with Gasteiger partial charge >= 0.3 is 6.09 Å². The van der Waals surface area contributed by atoms with Gasteiger partial charge in [0.05, 0.1) is 12.2 Å². The summed E-state index contributed by atoms with van der Waals surface area (Å²) in [4.78, 5) is 22.5. The number of nitrogens with two attached hydrogens (primary N) is 1. The lowest BCUT2D eigenvalue weighted by Gasteiger charge is -2.11. The van der Waals surface area contributed by atoms with Crippen LogP contribution in [0.3, 0.4) is 0 Å². The van der Waals surface area contributed by atoms with Gasteiger partial charge in [-0.15, -0.1) is 0 Å². The SMILES string of the molecule is NC(=O)Oc1ccc(F)c(NC(=O)CNCC2CCCC2)c1. The maximum absolute atomic E-state index is 13.6. The lowest BCUT2D eigenvalue weighted by molar-refractivity contribution is -0.115. The standard InChI is InChI=1S/C15H20FN3O3/c16-12-6-5-11(22-15(17)21)7-13(12)19-14(20)9-18-8-10-3-1-2-4-10/h5-7,10,18H,1-4,8-9H2,(H2,17,21)(H,19,20). The van der Waals surface area contributed by atoms with Gasteiger partial charge < -0.3 is 21.1 Å². The van der Waals surface area contributed by atoms with Crippen molar-refractivity contribution >= 4 is 17.7 Å². The Hall–Kier alpha value is -2.15. The number of hydrogen-bond donors (Lipinski definition) is 3. The Balaban J connectivity index is 1.83. The summed E-state index contributed by atoms with van der Waals surface area (Å²) in [6.45, 7) is 0.900. The molecule has 1 saturated carbocycles. The van der Waals surface area contributed by atoms with E-state index in [0.29, 0.717) is 5.92 Å². The number of carbonyl (C=O) groups is 2. The number of amides is 2. The van der Waals surface area contributed by atoms with Crippen molar-refractivity contribution in [3.8, 4) is 5.75 Å². The summed E-state index contributed by atoms with van der Waals surface area (Å²) in [5, 5.41) is 5.51. The second-order valence-electron chi connectivity index (χ2n) is 5.39. The van der Waals surface area contributed by atoms with Gasteiger partial charge in [-0.1, -0.05) is 12.8 Å². The van der Waals surface area contributed by atoms with Crippen LogP contribution in [0.5, 0.6) is 5.75 Å². The van der Waals surface area contributed by atoms with Crippen LogP contribution in [-0.4, -0.2) is 25.1 Å². The normalized spacial score (nSPS) is 14.8. The molecule has 0 atom stereocenters. The molecule has 1 aliphatic carbocycles. The number of anilines is 1. The van der Waals surface area contributed by atoms with Crippen molar-refractivity contribution < 1.29 is 18.7 Å². The van der Waals surface area contributed by atoms with E-state index >= 15 is 0 Å². The van der Waals surface area contributed by atoms with Gasteiger partial charge in [-0.3, -0.25) is 4.79 Å². The van der Waals surface area contributed by atoms with Gasteiger partial charge in [-0.05, 0) is 37.4 Å². The first kappa shape index (κ1) is 16.2. The maximum Gasteiger partial charge on any atom is 0.409 e. The van der Waals surface area contributed by atoms with E-state index < -0.39 is 11.9 Å². The molecule has 0 aliphatic heterocycles. The van der Waals surface area contributed by atoms with Crippen molar-refractivity contribution in [1.29, 1.82) is 0 Å². The average molecular weight is 309 g/mol. The molecule has 0 unspecified atom stereocenters. The highest BCUT2D eigenvalue weighted by Gasteiger charge is 2.15. The van der Waals surface area contributed by atoms with Crippen molar-refractivity contribution in [2.45, 2.75) is 25.7 Å². The average Bonchev–Trinajstić information content (AvgIpc) is 2.95. The number of nitrogens with one attached hydrogen (secondary N) is 2. The molecule has 0 spiro atoms. The second kappa shape index (κ2) is 7.74. The summed E-state index contributed by atoms with van der Waals surface area (Å²) < 4.78 is 18.3. The molecule has 0 bridgehead atoms. The first-order valence-corrected chi connectivity index (χ1v) is 7.32. The maximum atomic E-state index is 13.6. The van der Waals surface area contributed by atoms with Crippen molar-refractivity contribution in [2.75, 3.05) is 18.4 Å². The molecule has 1 fully saturated rings. The molecule has 1 aromatic rings. The minimum absolute atomic E-state index is 0.0496. The molecule has 22 heavy (non-hydrogen) atoms. The summed E-state index contributed by atoms with van der Waals surface area (Å²) >= 11 is 0. The van der Waals surface area contributed by atoms with E-state index in [1.54, 1.807) is 0 Å². The minimum atomic E-state index is -0.998. The molecule has 120 valence electrons. The highest BCUT2D eigenvalue weighted by atomic mass is 19.1. The Labute approximate surface area is 128 Å². The molecule has 4 N–H and O–H groups in total.